The van der Waals surface area contributed by atoms with Gasteiger partial charge in [0.05, 0.1) is 132 Å². The van der Waals surface area contributed by atoms with Gasteiger partial charge in [0.2, 0.25) is 55.4 Å². The Bertz CT molecular complexity index is 5390. The number of pyridine rings is 4. The number of hydrogen-bond acceptors (Lipinski definition) is 24. The summed E-state index contributed by atoms with van der Waals surface area (Å²) in [5.74, 6) is -13.4. The van der Waals surface area contributed by atoms with Gasteiger partial charge in [-0.05, 0) is 265 Å². The van der Waals surface area contributed by atoms with Gasteiger partial charge in [0.25, 0.3) is 11.8 Å². The van der Waals surface area contributed by atoms with Crippen molar-refractivity contribution in [2.75, 3.05) is 27.3 Å². The van der Waals surface area contributed by atoms with Gasteiger partial charge in [-0.2, -0.15) is 0 Å². The Morgan fingerprint density at radius 1 is 0.507 bits per heavy atom. The van der Waals surface area contributed by atoms with Gasteiger partial charge >= 0.3 is 11.9 Å². The molecule has 0 bridgehead atoms. The molecule has 134 heavy (non-hydrogen) atoms. The lowest BCUT2D eigenvalue weighted by Gasteiger charge is -2.34. The van der Waals surface area contributed by atoms with Crippen molar-refractivity contribution in [3.05, 3.63) is 109 Å². The number of ketones is 2. The summed E-state index contributed by atoms with van der Waals surface area (Å²) in [5.41, 5.74) is -5.14. The van der Waals surface area contributed by atoms with E-state index < -0.39 is 183 Å². The molecule has 4 aliphatic carbocycles. The molecule has 2 aromatic carbocycles. The Kier molecular flexibility index (Phi) is 29.4. The number of carbonyl (C=O) groups excluding carboxylic acids is 8. The van der Waals surface area contributed by atoms with Crippen molar-refractivity contribution in [3.8, 4) is 57.5 Å². The third-order valence-corrected chi connectivity index (χ3v) is 32.8. The van der Waals surface area contributed by atoms with E-state index >= 15 is 9.59 Å². The van der Waals surface area contributed by atoms with Gasteiger partial charge < -0.3 is 47.7 Å². The summed E-state index contributed by atoms with van der Waals surface area (Å²) in [7, 11) is -4.98. The zero-order chi connectivity index (χ0) is 97.7. The lowest BCUT2D eigenvalue weighted by molar-refractivity contribution is -0.197. The van der Waals surface area contributed by atoms with Gasteiger partial charge in [0, 0.05) is 50.3 Å². The zero-order valence-corrected chi connectivity index (χ0v) is 81.4. The maximum absolute atomic E-state index is 15.2. The molecule has 8 heterocycles. The minimum atomic E-state index is -4.04. The Morgan fingerprint density at radius 2 is 0.866 bits per heavy atom. The Balaban J connectivity index is 0.000000227. The van der Waals surface area contributed by atoms with Gasteiger partial charge in [0.1, 0.15) is 35.2 Å². The molecule has 14 rings (SSSR count). The second kappa shape index (κ2) is 39.0. The van der Waals surface area contributed by atoms with E-state index in [1.165, 1.54) is 9.80 Å². The first-order valence-electron chi connectivity index (χ1n) is 46.6. The SMILES string of the molecule is COc1ccc2c(O[C@@H]3C[C@H]4C(=O)C[C@]5(C(=O)NS(=O)(=O)C6(C)CC6)C[C@H]5/C=C\CC[C@@H](C)C[C@@H](C)[C@H](CC(=O)OC(C)(C)C(C)(F)F)C(=O)N4C3)nc(-c3ccc(OC(C)C)cn3)cc2c1.COc1ccc2c(O[C@@H]3C[C@H]4C(=O)C[C@]5(C(=O)NS(=O)(=O)C6(C)CC6)C[C@H]5/C=C\CC[C@H](C)C[C@@H](C)[C@H](CC(=O)OC(C)(C)C(C)(F)F)C(=O)N4C3)nc(-c3ccc(OC(C)C)cn3)cc2c1. The fourth-order valence-corrected chi connectivity index (χ4v) is 21.2. The number of ether oxygens (including phenoxy) is 8. The summed E-state index contributed by atoms with van der Waals surface area (Å²) in [6.45, 7) is 24.1. The molecule has 2 N–H and O–H groups in total. The van der Waals surface area contributed by atoms with Crippen molar-refractivity contribution in [1.82, 2.24) is 39.2 Å². The molecule has 0 unspecified atom stereocenters. The molecule has 8 aliphatic rings. The van der Waals surface area contributed by atoms with Gasteiger partial charge in [-0.25, -0.2) is 44.4 Å². The van der Waals surface area contributed by atoms with E-state index in [0.29, 0.717) is 145 Å². The summed E-state index contributed by atoms with van der Waals surface area (Å²) in [5, 5.41) is 2.64. The highest BCUT2D eigenvalue weighted by molar-refractivity contribution is 7.92. The number of sulfonamides is 2. The molecule has 34 heteroatoms. The summed E-state index contributed by atoms with van der Waals surface area (Å²) in [4.78, 5) is 138. The smallest absolute Gasteiger partial charge is 0.307 e. The number of Topliss-reactive ketones (excluding diaryl/α,β-unsaturated/α-hetero) is 2. The van der Waals surface area contributed by atoms with Crippen molar-refractivity contribution >= 4 is 88.7 Å². The number of alkyl halides is 4. The van der Waals surface area contributed by atoms with Crippen molar-refractivity contribution in [3.63, 3.8) is 0 Å². The van der Waals surface area contributed by atoms with E-state index in [1.54, 1.807) is 89.0 Å². The first kappa shape index (κ1) is 101. The van der Waals surface area contributed by atoms with Crippen LogP contribution in [0.2, 0.25) is 0 Å². The van der Waals surface area contributed by atoms with E-state index in [1.807, 2.05) is 104 Å². The molecular formula is C100H128F4N8O20S2. The Hall–Kier alpha value is -10.4. The van der Waals surface area contributed by atoms with E-state index in [4.69, 9.17) is 47.9 Å². The van der Waals surface area contributed by atoms with Crippen LogP contribution in [0.5, 0.6) is 34.8 Å². The summed E-state index contributed by atoms with van der Waals surface area (Å²) >= 11 is 0. The molecule has 4 aliphatic heterocycles. The predicted octanol–water partition coefficient (Wildman–Crippen LogP) is 16.8. The molecule has 4 saturated carbocycles. The van der Waals surface area contributed by atoms with Crippen molar-refractivity contribution in [1.29, 1.82) is 0 Å². The highest BCUT2D eigenvalue weighted by atomic mass is 32.2. The van der Waals surface area contributed by atoms with E-state index in [2.05, 4.69) is 19.4 Å². The van der Waals surface area contributed by atoms with Crippen LogP contribution < -0.4 is 37.9 Å². The minimum absolute atomic E-state index is 0.0285. The maximum atomic E-state index is 15.2. The van der Waals surface area contributed by atoms with Crippen LogP contribution in [0.3, 0.4) is 0 Å². The first-order chi connectivity index (χ1) is 62.7. The number of amides is 4. The normalized spacial score (nSPS) is 27.3. The molecule has 4 amide bonds. The monoisotopic (exact) mass is 1900 g/mol. The van der Waals surface area contributed by atoms with Crippen LogP contribution in [0.4, 0.5) is 17.6 Å². The number of benzene rings is 2. The highest BCUT2D eigenvalue weighted by Crippen LogP contribution is 2.60. The van der Waals surface area contributed by atoms with Gasteiger partial charge in [-0.15, -0.1) is 0 Å². The molecule has 14 atom stereocenters. The first-order valence-corrected chi connectivity index (χ1v) is 49.6. The highest BCUT2D eigenvalue weighted by Gasteiger charge is 2.65. The van der Waals surface area contributed by atoms with E-state index in [9.17, 15) is 63.2 Å². The lowest BCUT2D eigenvalue weighted by Crippen LogP contribution is -2.49. The van der Waals surface area contributed by atoms with Crippen LogP contribution in [-0.4, -0.2) is 190 Å². The molecule has 6 aromatic rings. The number of fused-ring (bicyclic) bond motifs is 6. The summed E-state index contributed by atoms with van der Waals surface area (Å²) in [6, 6.07) is 19.2. The molecule has 6 fully saturated rings. The number of allylic oxidation sites excluding steroid dienone is 4. The van der Waals surface area contributed by atoms with Crippen LogP contribution >= 0.6 is 0 Å². The number of aromatic nitrogens is 4. The second-order valence-electron chi connectivity index (χ2n) is 40.9. The Morgan fingerprint density at radius 3 is 1.19 bits per heavy atom. The average molecular weight is 1900 g/mol. The van der Waals surface area contributed by atoms with Crippen LogP contribution in [0.1, 0.15) is 226 Å². The van der Waals surface area contributed by atoms with Crippen molar-refractivity contribution in [2.45, 2.75) is 295 Å². The third kappa shape index (κ3) is 22.6. The molecule has 0 radical (unpaired) electrons. The average Bonchev–Trinajstić information content (AvgIpc) is 1.56. The number of hydrogen-bond donors (Lipinski definition) is 2. The van der Waals surface area contributed by atoms with Crippen LogP contribution in [-0.2, 0) is 67.9 Å². The number of nitrogens with one attached hydrogen (secondary N) is 2. The predicted molar refractivity (Wildman–Crippen MR) is 494 cm³/mol. The third-order valence-electron chi connectivity index (χ3n) is 28.5. The van der Waals surface area contributed by atoms with E-state index in [0.717, 1.165) is 27.7 Å². The number of carbonyl (C=O) groups is 8. The molecule has 728 valence electrons. The van der Waals surface area contributed by atoms with Crippen LogP contribution in [0.15, 0.2) is 109 Å². The largest absolute Gasteiger partial charge is 0.497 e. The number of nitrogens with zero attached hydrogens (tertiary/aromatic N) is 6. The lowest BCUT2D eigenvalue weighted by atomic mass is 9.82. The van der Waals surface area contributed by atoms with Gasteiger partial charge in [0.15, 0.2) is 22.8 Å². The maximum Gasteiger partial charge on any atom is 0.307 e. The molecule has 4 aromatic heterocycles. The molecular weight excluding hydrogens is 1770 g/mol. The number of esters is 2. The minimum Gasteiger partial charge on any atom is -0.497 e. The molecule has 28 nitrogen and oxygen atoms in total. The molecule has 2 saturated heterocycles. The molecule has 0 spiro atoms. The van der Waals surface area contributed by atoms with Gasteiger partial charge in [-0.3, -0.25) is 57.8 Å². The Labute approximate surface area is 782 Å². The van der Waals surface area contributed by atoms with Crippen LogP contribution in [0.25, 0.3) is 44.3 Å². The number of halogens is 4. The van der Waals surface area contributed by atoms with Crippen molar-refractivity contribution in [2.24, 2.45) is 58.2 Å². The summed E-state index contributed by atoms with van der Waals surface area (Å²) < 4.78 is 161. The van der Waals surface area contributed by atoms with Gasteiger partial charge in [-0.1, -0.05) is 52.0 Å². The zero-order valence-electron chi connectivity index (χ0n) is 79.8. The van der Waals surface area contributed by atoms with Crippen LogP contribution in [0, 0.1) is 58.2 Å². The summed E-state index contributed by atoms with van der Waals surface area (Å²) in [6.07, 6.45) is 13.0. The topological polar surface area (TPSA) is 361 Å². The quantitative estimate of drug-likeness (QED) is 0.0289. The second-order valence-corrected chi connectivity index (χ2v) is 45.3. The fraction of sp³-hybridized carbons (Fsp3) is 0.600. The van der Waals surface area contributed by atoms with Crippen molar-refractivity contribution < 1.29 is 111 Å². The number of rotatable bonds is 26. The van der Waals surface area contributed by atoms with E-state index in [-0.39, 0.29) is 87.4 Å². The standard InChI is InChI=1S/2C50H64F2N4O10S/c2*1-29(2)64-35-15-17-39(53-27-35)40-22-32-21-34(63-9)14-16-37(32)44(54-40)65-36-23-41-42(57)26-50(46(60)55-67(61,62)48(7)18-19-48)25-33(50)13-11-10-12-30(3)20-31(4)38(45(59)56(41)28-36)24-43(58)66-47(5,6)49(8,51)52/h2*11,13-17,21-22,27,29-31,33,36,38,41H,10,12,18-20,23-26,28H2,1-9H3,(H,55,60)/b2*13-11-/t30-,31+,33+,36+,38-,41-,50+;30-,31-,33-,36-,38+,41+,50-/m01/s1. The fourth-order valence-electron chi connectivity index (χ4n) is 18.5. The number of methoxy groups -OCH3 is 2.